The molecule has 0 saturated carbocycles. The molecule has 0 heterocycles. The van der Waals surface area contributed by atoms with Gasteiger partial charge in [0.2, 0.25) is 0 Å². The molecule has 0 bridgehead atoms. The second kappa shape index (κ2) is 6.09. The minimum atomic E-state index is -5.86. The Morgan fingerprint density at radius 3 is 2.04 bits per heavy atom. The number of amides is 2. The SMILES string of the molecule is C=CC(NC(=O)Nc1ccc(F)cc1C)(C(F)(F)F)C(F)(F)F. The normalized spacial score (nSPS) is 12.7. The van der Waals surface area contributed by atoms with Crippen LogP contribution in [-0.4, -0.2) is 23.9 Å². The predicted octanol–water partition coefficient (Wildman–Crippen LogP) is 4.31. The summed E-state index contributed by atoms with van der Waals surface area (Å²) in [7, 11) is 0. The fourth-order valence-corrected chi connectivity index (χ4v) is 1.68. The van der Waals surface area contributed by atoms with Crippen molar-refractivity contribution in [2.24, 2.45) is 0 Å². The molecule has 0 saturated heterocycles. The van der Waals surface area contributed by atoms with E-state index in [2.05, 4.69) is 6.58 Å². The van der Waals surface area contributed by atoms with E-state index >= 15 is 0 Å². The highest BCUT2D eigenvalue weighted by Crippen LogP contribution is 2.43. The third kappa shape index (κ3) is 3.74. The minimum Gasteiger partial charge on any atom is -0.313 e. The van der Waals surface area contributed by atoms with Gasteiger partial charge in [-0.15, -0.1) is 6.58 Å². The summed E-state index contributed by atoms with van der Waals surface area (Å²) >= 11 is 0. The van der Waals surface area contributed by atoms with Crippen molar-refractivity contribution in [3.05, 3.63) is 42.2 Å². The zero-order valence-corrected chi connectivity index (χ0v) is 11.6. The molecular weight excluding hydrogens is 333 g/mol. The van der Waals surface area contributed by atoms with Crippen molar-refractivity contribution in [2.75, 3.05) is 5.32 Å². The van der Waals surface area contributed by atoms with E-state index in [0.717, 1.165) is 23.5 Å². The lowest BCUT2D eigenvalue weighted by Gasteiger charge is -2.35. The Kier molecular flexibility index (Phi) is 4.97. The van der Waals surface area contributed by atoms with Gasteiger partial charge in [0, 0.05) is 5.69 Å². The number of carbonyl (C=O) groups excluding carboxylic acids is 1. The van der Waals surface area contributed by atoms with E-state index in [0.29, 0.717) is 0 Å². The van der Waals surface area contributed by atoms with E-state index in [-0.39, 0.29) is 11.3 Å². The molecule has 2 amide bonds. The zero-order chi connectivity index (χ0) is 18.1. The Hall–Kier alpha value is -2.26. The summed E-state index contributed by atoms with van der Waals surface area (Å²) in [6.45, 7) is 3.84. The molecule has 23 heavy (non-hydrogen) atoms. The van der Waals surface area contributed by atoms with E-state index in [9.17, 15) is 35.5 Å². The number of aryl methyl sites for hydroxylation is 1. The van der Waals surface area contributed by atoms with Crippen molar-refractivity contribution in [3.8, 4) is 0 Å². The van der Waals surface area contributed by atoms with Crippen molar-refractivity contribution in [3.63, 3.8) is 0 Å². The van der Waals surface area contributed by atoms with Crippen LogP contribution in [0.5, 0.6) is 0 Å². The van der Waals surface area contributed by atoms with Gasteiger partial charge in [-0.25, -0.2) is 9.18 Å². The summed E-state index contributed by atoms with van der Waals surface area (Å²) in [5.74, 6) is -0.681. The molecule has 10 heteroatoms. The van der Waals surface area contributed by atoms with Gasteiger partial charge in [-0.05, 0) is 36.8 Å². The van der Waals surface area contributed by atoms with Crippen LogP contribution in [0.1, 0.15) is 5.56 Å². The van der Waals surface area contributed by atoms with Crippen LogP contribution in [0.25, 0.3) is 0 Å². The topological polar surface area (TPSA) is 41.1 Å². The van der Waals surface area contributed by atoms with Gasteiger partial charge in [-0.1, -0.05) is 0 Å². The Bertz CT molecular complexity index is 593. The van der Waals surface area contributed by atoms with Crippen molar-refractivity contribution < 1.29 is 35.5 Å². The smallest absolute Gasteiger partial charge is 0.313 e. The molecular formula is C13H11F7N2O. The molecule has 128 valence electrons. The maximum Gasteiger partial charge on any atom is 0.424 e. The first-order valence-corrected chi connectivity index (χ1v) is 5.96. The molecule has 3 nitrogen and oxygen atoms in total. The number of alkyl halides is 6. The first kappa shape index (κ1) is 18.8. The Balaban J connectivity index is 3.10. The van der Waals surface area contributed by atoms with Gasteiger partial charge in [0.1, 0.15) is 5.82 Å². The third-order valence-corrected chi connectivity index (χ3v) is 2.95. The first-order chi connectivity index (χ1) is 10.3. The van der Waals surface area contributed by atoms with Crippen molar-refractivity contribution >= 4 is 11.7 Å². The molecule has 1 aromatic rings. The van der Waals surface area contributed by atoms with Gasteiger partial charge >= 0.3 is 18.4 Å². The lowest BCUT2D eigenvalue weighted by molar-refractivity contribution is -0.286. The van der Waals surface area contributed by atoms with E-state index in [4.69, 9.17) is 0 Å². The summed E-state index contributed by atoms with van der Waals surface area (Å²) in [5.41, 5.74) is -4.65. The predicted molar refractivity (Wildman–Crippen MR) is 68.3 cm³/mol. The average Bonchev–Trinajstić information content (AvgIpc) is 2.36. The van der Waals surface area contributed by atoms with E-state index in [1.54, 1.807) is 5.32 Å². The molecule has 1 rings (SSSR count). The summed E-state index contributed by atoms with van der Waals surface area (Å²) in [4.78, 5) is 11.6. The molecule has 0 aliphatic heterocycles. The number of hydrogen-bond donors (Lipinski definition) is 2. The molecule has 0 unspecified atom stereocenters. The lowest BCUT2D eigenvalue weighted by Crippen LogP contribution is -2.66. The van der Waals surface area contributed by atoms with Crippen molar-refractivity contribution in [1.29, 1.82) is 0 Å². The molecule has 0 aromatic heterocycles. The lowest BCUT2D eigenvalue weighted by atomic mass is 9.98. The number of hydrogen-bond acceptors (Lipinski definition) is 1. The highest BCUT2D eigenvalue weighted by Gasteiger charge is 2.70. The van der Waals surface area contributed by atoms with Crippen LogP contribution in [0.2, 0.25) is 0 Å². The quantitative estimate of drug-likeness (QED) is 0.623. The number of nitrogens with one attached hydrogen (secondary N) is 2. The van der Waals surface area contributed by atoms with E-state index < -0.39 is 35.8 Å². The molecule has 0 atom stereocenters. The number of halogens is 7. The average molecular weight is 344 g/mol. The number of benzene rings is 1. The van der Waals surface area contributed by atoms with Crippen LogP contribution >= 0.6 is 0 Å². The summed E-state index contributed by atoms with van der Waals surface area (Å²) in [6.07, 6.45) is -12.2. The Morgan fingerprint density at radius 1 is 1.13 bits per heavy atom. The fourth-order valence-electron chi connectivity index (χ4n) is 1.68. The molecule has 0 fully saturated rings. The third-order valence-electron chi connectivity index (χ3n) is 2.95. The highest BCUT2D eigenvalue weighted by atomic mass is 19.4. The highest BCUT2D eigenvalue weighted by molar-refractivity contribution is 5.91. The number of anilines is 1. The molecule has 2 N–H and O–H groups in total. The monoisotopic (exact) mass is 344 g/mol. The van der Waals surface area contributed by atoms with Crippen LogP contribution in [0, 0.1) is 12.7 Å². The van der Waals surface area contributed by atoms with Gasteiger partial charge in [0.05, 0.1) is 0 Å². The van der Waals surface area contributed by atoms with Crippen LogP contribution in [-0.2, 0) is 0 Å². The van der Waals surface area contributed by atoms with Gasteiger partial charge < -0.3 is 10.6 Å². The molecule has 1 aromatic carbocycles. The second-order valence-corrected chi connectivity index (χ2v) is 4.55. The summed E-state index contributed by atoms with van der Waals surface area (Å²) < 4.78 is 89.8. The molecule has 0 radical (unpaired) electrons. The van der Waals surface area contributed by atoms with Crippen LogP contribution in [0.15, 0.2) is 30.9 Å². The Labute approximate surface area is 126 Å². The minimum absolute atomic E-state index is 0.114. The second-order valence-electron chi connectivity index (χ2n) is 4.55. The van der Waals surface area contributed by atoms with Crippen LogP contribution < -0.4 is 10.6 Å². The van der Waals surface area contributed by atoms with Gasteiger partial charge in [0.15, 0.2) is 0 Å². The van der Waals surface area contributed by atoms with Crippen molar-refractivity contribution in [2.45, 2.75) is 24.8 Å². The van der Waals surface area contributed by atoms with Gasteiger partial charge in [0.25, 0.3) is 5.54 Å². The number of carbonyl (C=O) groups is 1. The maximum atomic E-state index is 12.9. The molecule has 0 aliphatic carbocycles. The first-order valence-electron chi connectivity index (χ1n) is 5.96. The maximum absolute atomic E-state index is 12.9. The number of rotatable bonds is 3. The number of urea groups is 1. The van der Waals surface area contributed by atoms with Crippen LogP contribution in [0.3, 0.4) is 0 Å². The Morgan fingerprint density at radius 2 is 1.65 bits per heavy atom. The largest absolute Gasteiger partial charge is 0.424 e. The summed E-state index contributed by atoms with van der Waals surface area (Å²) in [6, 6.07) is 1.07. The zero-order valence-electron chi connectivity index (χ0n) is 11.6. The fraction of sp³-hybridized carbons (Fsp3) is 0.308. The van der Waals surface area contributed by atoms with Gasteiger partial charge in [-0.3, -0.25) is 0 Å². The van der Waals surface area contributed by atoms with E-state index in [1.807, 2.05) is 0 Å². The standard InChI is InChI=1S/C13H11F7N2O/c1-3-11(12(15,16)17,13(18,19)20)22-10(23)21-9-5-4-8(14)6-7(9)2/h3-6H,1H2,2H3,(H2,21,22,23). The van der Waals surface area contributed by atoms with Gasteiger partial charge in [-0.2, -0.15) is 26.3 Å². The molecule has 0 aliphatic rings. The molecule has 0 spiro atoms. The van der Waals surface area contributed by atoms with Crippen molar-refractivity contribution in [1.82, 2.24) is 5.32 Å². The summed E-state index contributed by atoms with van der Waals surface area (Å²) in [5, 5.41) is 2.65. The van der Waals surface area contributed by atoms with Crippen LogP contribution in [0.4, 0.5) is 41.2 Å². The van der Waals surface area contributed by atoms with E-state index in [1.165, 1.54) is 6.92 Å².